The van der Waals surface area contributed by atoms with Crippen molar-refractivity contribution in [1.82, 2.24) is 4.90 Å². The SMILES string of the molecule is CCCN1C(=O)C(=O)/C(=C(\O)c2ccc(OCC(C)C)c(C)c2)C1c1ccc(OC)c(OCC)c1. The fourth-order valence-electron chi connectivity index (χ4n) is 4.20. The van der Waals surface area contributed by atoms with Gasteiger partial charge in [-0.3, -0.25) is 9.59 Å². The van der Waals surface area contributed by atoms with E-state index in [9.17, 15) is 14.7 Å². The summed E-state index contributed by atoms with van der Waals surface area (Å²) < 4.78 is 17.0. The van der Waals surface area contributed by atoms with Gasteiger partial charge in [0.1, 0.15) is 11.5 Å². The van der Waals surface area contributed by atoms with Crippen LogP contribution in [-0.4, -0.2) is 48.6 Å². The maximum absolute atomic E-state index is 13.2. The van der Waals surface area contributed by atoms with E-state index in [4.69, 9.17) is 14.2 Å². The molecule has 2 aromatic rings. The Morgan fingerprint density at radius 3 is 2.34 bits per heavy atom. The first kappa shape index (κ1) is 26.1. The molecule has 1 heterocycles. The molecular weight excluding hydrogens is 446 g/mol. The fourth-order valence-corrected chi connectivity index (χ4v) is 4.20. The molecule has 0 radical (unpaired) electrons. The van der Waals surface area contributed by atoms with Gasteiger partial charge in [-0.2, -0.15) is 0 Å². The van der Waals surface area contributed by atoms with Gasteiger partial charge >= 0.3 is 0 Å². The van der Waals surface area contributed by atoms with E-state index < -0.39 is 17.7 Å². The molecule has 1 aliphatic heterocycles. The minimum atomic E-state index is -0.739. The lowest BCUT2D eigenvalue weighted by atomic mass is 9.94. The largest absolute Gasteiger partial charge is 0.507 e. The molecule has 0 saturated carbocycles. The number of nitrogens with zero attached hydrogens (tertiary/aromatic N) is 1. The predicted molar refractivity (Wildman–Crippen MR) is 135 cm³/mol. The van der Waals surface area contributed by atoms with E-state index in [0.29, 0.717) is 54.7 Å². The van der Waals surface area contributed by atoms with Gasteiger partial charge < -0.3 is 24.2 Å². The highest BCUT2D eigenvalue weighted by Crippen LogP contribution is 2.42. The number of Topliss-reactive ketones (excluding diaryl/α,β-unsaturated/α-hetero) is 1. The van der Waals surface area contributed by atoms with E-state index in [1.165, 1.54) is 4.90 Å². The van der Waals surface area contributed by atoms with Gasteiger partial charge in [0.2, 0.25) is 0 Å². The Bertz CT molecular complexity index is 1120. The zero-order chi connectivity index (χ0) is 25.7. The smallest absolute Gasteiger partial charge is 0.295 e. The van der Waals surface area contributed by atoms with Crippen LogP contribution in [0.5, 0.6) is 17.2 Å². The van der Waals surface area contributed by atoms with Crippen LogP contribution in [0.3, 0.4) is 0 Å². The van der Waals surface area contributed by atoms with E-state index in [-0.39, 0.29) is 11.3 Å². The number of aryl methyl sites for hydroxylation is 1. The lowest BCUT2D eigenvalue weighted by Gasteiger charge is -2.25. The minimum Gasteiger partial charge on any atom is -0.507 e. The second kappa shape index (κ2) is 11.3. The Morgan fingerprint density at radius 2 is 1.74 bits per heavy atom. The molecule has 1 saturated heterocycles. The topological polar surface area (TPSA) is 85.3 Å². The number of hydrogen-bond acceptors (Lipinski definition) is 6. The molecule has 1 amide bonds. The zero-order valence-corrected chi connectivity index (χ0v) is 21.4. The van der Waals surface area contributed by atoms with Gasteiger partial charge in [0.25, 0.3) is 11.7 Å². The molecule has 188 valence electrons. The highest BCUT2D eigenvalue weighted by molar-refractivity contribution is 6.46. The first-order chi connectivity index (χ1) is 16.7. The summed E-state index contributed by atoms with van der Waals surface area (Å²) in [5.74, 6) is 0.623. The summed E-state index contributed by atoms with van der Waals surface area (Å²) in [5, 5.41) is 11.3. The molecule has 1 unspecified atom stereocenters. The second-order valence-corrected chi connectivity index (χ2v) is 9.02. The van der Waals surface area contributed by atoms with Crippen molar-refractivity contribution in [2.45, 2.75) is 47.1 Å². The summed E-state index contributed by atoms with van der Waals surface area (Å²) in [4.78, 5) is 27.7. The monoisotopic (exact) mass is 481 g/mol. The van der Waals surface area contributed by atoms with Crippen LogP contribution in [-0.2, 0) is 9.59 Å². The van der Waals surface area contributed by atoms with E-state index in [1.54, 1.807) is 43.5 Å². The zero-order valence-electron chi connectivity index (χ0n) is 21.4. The average molecular weight is 482 g/mol. The second-order valence-electron chi connectivity index (χ2n) is 9.02. The summed E-state index contributed by atoms with van der Waals surface area (Å²) in [5.41, 5.74) is 2.01. The number of likely N-dealkylation sites (tertiary alicyclic amines) is 1. The predicted octanol–water partition coefficient (Wildman–Crippen LogP) is 5.27. The van der Waals surface area contributed by atoms with Crippen LogP contribution in [0.4, 0.5) is 0 Å². The third kappa shape index (κ3) is 5.45. The number of rotatable bonds is 10. The van der Waals surface area contributed by atoms with Crippen LogP contribution in [0.15, 0.2) is 42.0 Å². The number of carbonyl (C=O) groups excluding carboxylic acids is 2. The third-order valence-electron chi connectivity index (χ3n) is 5.83. The minimum absolute atomic E-state index is 0.0614. The van der Waals surface area contributed by atoms with Gasteiger partial charge in [-0.15, -0.1) is 0 Å². The molecule has 0 bridgehead atoms. The highest BCUT2D eigenvalue weighted by Gasteiger charge is 2.46. The molecule has 35 heavy (non-hydrogen) atoms. The summed E-state index contributed by atoms with van der Waals surface area (Å²) >= 11 is 0. The molecule has 7 heteroatoms. The van der Waals surface area contributed by atoms with Crippen molar-refractivity contribution < 1.29 is 28.9 Å². The molecule has 3 rings (SSSR count). The van der Waals surface area contributed by atoms with Crippen molar-refractivity contribution in [2.75, 3.05) is 26.9 Å². The highest BCUT2D eigenvalue weighted by atomic mass is 16.5. The Kier molecular flexibility index (Phi) is 8.43. The molecule has 1 atom stereocenters. The maximum atomic E-state index is 13.2. The van der Waals surface area contributed by atoms with Crippen molar-refractivity contribution in [3.8, 4) is 17.2 Å². The first-order valence-electron chi connectivity index (χ1n) is 12.1. The number of ketones is 1. The first-order valence-corrected chi connectivity index (χ1v) is 12.1. The Labute approximate surface area is 207 Å². The van der Waals surface area contributed by atoms with Crippen molar-refractivity contribution in [2.24, 2.45) is 5.92 Å². The van der Waals surface area contributed by atoms with Crippen LogP contribution in [0.2, 0.25) is 0 Å². The third-order valence-corrected chi connectivity index (χ3v) is 5.83. The Hall–Kier alpha value is -3.48. The van der Waals surface area contributed by atoms with Crippen molar-refractivity contribution >= 4 is 17.4 Å². The van der Waals surface area contributed by atoms with Crippen LogP contribution in [0.25, 0.3) is 5.76 Å². The van der Waals surface area contributed by atoms with E-state index in [0.717, 1.165) is 11.3 Å². The molecule has 2 aromatic carbocycles. The summed E-state index contributed by atoms with van der Waals surface area (Å²) in [6, 6.07) is 9.83. The number of methoxy groups -OCH3 is 1. The van der Waals surface area contributed by atoms with Crippen molar-refractivity contribution in [3.05, 3.63) is 58.7 Å². The molecule has 0 spiro atoms. The summed E-state index contributed by atoms with van der Waals surface area (Å²) in [6.45, 7) is 11.2. The maximum Gasteiger partial charge on any atom is 0.295 e. The number of benzene rings is 2. The number of aliphatic hydroxyl groups is 1. The average Bonchev–Trinajstić information content (AvgIpc) is 3.08. The standard InChI is InChI=1S/C28H35NO6/c1-7-13-29-25(19-9-12-22(33-6)23(15-19)34-8-2)24(27(31)28(29)32)26(30)20-10-11-21(18(5)14-20)35-16-17(3)4/h9-12,14-15,17,25,30H,7-8,13,16H2,1-6H3/b26-24-. The van der Waals surface area contributed by atoms with Crippen molar-refractivity contribution in [3.63, 3.8) is 0 Å². The molecule has 1 N–H and O–H groups in total. The summed E-state index contributed by atoms with van der Waals surface area (Å²) in [7, 11) is 1.55. The van der Waals surface area contributed by atoms with E-state index >= 15 is 0 Å². The molecule has 1 aliphatic rings. The summed E-state index contributed by atoms with van der Waals surface area (Å²) in [6.07, 6.45) is 0.666. The van der Waals surface area contributed by atoms with Gasteiger partial charge in [0.05, 0.1) is 31.9 Å². The van der Waals surface area contributed by atoms with Gasteiger partial charge in [-0.05, 0) is 67.6 Å². The molecule has 1 fully saturated rings. The lowest BCUT2D eigenvalue weighted by molar-refractivity contribution is -0.139. The van der Waals surface area contributed by atoms with E-state index in [1.807, 2.05) is 20.8 Å². The number of ether oxygens (including phenoxy) is 3. The quantitative estimate of drug-likeness (QED) is 0.283. The van der Waals surface area contributed by atoms with Crippen molar-refractivity contribution in [1.29, 1.82) is 0 Å². The van der Waals surface area contributed by atoms with E-state index in [2.05, 4.69) is 13.8 Å². The van der Waals surface area contributed by atoms with Crippen LogP contribution in [0, 0.1) is 12.8 Å². The molecular formula is C28H35NO6. The van der Waals surface area contributed by atoms with Crippen LogP contribution >= 0.6 is 0 Å². The van der Waals surface area contributed by atoms with Crippen LogP contribution in [0.1, 0.15) is 56.8 Å². The number of aliphatic hydroxyl groups excluding tert-OH is 1. The van der Waals surface area contributed by atoms with Gasteiger partial charge in [0.15, 0.2) is 11.5 Å². The normalized spacial score (nSPS) is 17.2. The Morgan fingerprint density at radius 1 is 1.03 bits per heavy atom. The number of hydrogen-bond donors (Lipinski definition) is 1. The van der Waals surface area contributed by atoms with Gasteiger partial charge in [-0.25, -0.2) is 0 Å². The van der Waals surface area contributed by atoms with Crippen LogP contribution < -0.4 is 14.2 Å². The molecule has 0 aromatic heterocycles. The van der Waals surface area contributed by atoms with Gasteiger partial charge in [-0.1, -0.05) is 26.8 Å². The Balaban J connectivity index is 2.12. The lowest BCUT2D eigenvalue weighted by Crippen LogP contribution is -2.30. The molecule has 0 aliphatic carbocycles. The fraction of sp³-hybridized carbons (Fsp3) is 0.429. The molecule has 7 nitrogen and oxygen atoms in total. The van der Waals surface area contributed by atoms with Gasteiger partial charge in [0, 0.05) is 12.1 Å². The number of amides is 1. The number of carbonyl (C=O) groups is 2.